The third-order valence-electron chi connectivity index (χ3n) is 2.09. The second-order valence-corrected chi connectivity index (χ2v) is 4.52. The van der Waals surface area contributed by atoms with Crippen LogP contribution < -0.4 is 0 Å². The van der Waals surface area contributed by atoms with Crippen LogP contribution in [0, 0.1) is 6.92 Å². The maximum atomic E-state index is 5.99. The van der Waals surface area contributed by atoms with Gasteiger partial charge in [0.15, 0.2) is 4.67 Å². The van der Waals surface area contributed by atoms with Gasteiger partial charge in [0, 0.05) is 5.02 Å². The fraction of sp³-hybridized carbons (Fsp3) is 0.0833. The second kappa shape index (κ2) is 4.85. The van der Waals surface area contributed by atoms with Gasteiger partial charge in [-0.2, -0.15) is 0 Å². The molecule has 1 aromatic heterocycles. The Bertz CT molecular complexity index is 534. The third-order valence-corrected chi connectivity index (χ3v) is 2.92. The van der Waals surface area contributed by atoms with Crippen molar-refractivity contribution < 1.29 is 4.42 Å². The quantitative estimate of drug-likeness (QED) is 0.734. The molecule has 0 radical (unpaired) electrons. The molecule has 2 aromatic rings. The highest BCUT2D eigenvalue weighted by atomic mass is 79.9. The Kier molecular flexibility index (Phi) is 3.46. The average molecular weight is 299 g/mol. The first-order chi connectivity index (χ1) is 7.65. The van der Waals surface area contributed by atoms with Gasteiger partial charge in [-0.3, -0.25) is 4.99 Å². The zero-order chi connectivity index (χ0) is 11.5. The number of benzene rings is 1. The zero-order valence-electron chi connectivity index (χ0n) is 8.58. The standard InChI is InChI=1S/C12H9BrClNO/c1-8-2-3-9(6-11(8)14)15-7-10-4-5-12(13)16-10/h2-7H,1H3. The number of aryl methyl sites for hydroxylation is 1. The maximum Gasteiger partial charge on any atom is 0.169 e. The monoisotopic (exact) mass is 297 g/mol. The highest BCUT2D eigenvalue weighted by Crippen LogP contribution is 2.22. The number of furan rings is 1. The summed E-state index contributed by atoms with van der Waals surface area (Å²) in [5.74, 6) is 0.698. The average Bonchev–Trinajstić information content (AvgIpc) is 2.66. The van der Waals surface area contributed by atoms with Crippen LogP contribution in [-0.2, 0) is 0 Å². The third kappa shape index (κ3) is 2.74. The number of aliphatic imine (C=N–C) groups is 1. The Balaban J connectivity index is 2.20. The minimum Gasteiger partial charge on any atom is -0.448 e. The molecule has 2 nitrogen and oxygen atoms in total. The van der Waals surface area contributed by atoms with Crippen molar-refractivity contribution in [2.24, 2.45) is 4.99 Å². The Morgan fingerprint density at radius 2 is 2.12 bits per heavy atom. The normalized spacial score (nSPS) is 11.2. The Hall–Kier alpha value is -1.06. The van der Waals surface area contributed by atoms with Crippen molar-refractivity contribution in [3.8, 4) is 0 Å². The first-order valence-corrected chi connectivity index (χ1v) is 5.88. The lowest BCUT2D eigenvalue weighted by molar-refractivity contribution is 0.535. The summed E-state index contributed by atoms with van der Waals surface area (Å²) in [5, 5.41) is 0.718. The number of hydrogen-bond acceptors (Lipinski definition) is 2. The Labute approximate surface area is 107 Å². The van der Waals surface area contributed by atoms with Crippen LogP contribution in [0.4, 0.5) is 5.69 Å². The molecule has 0 aliphatic rings. The minimum absolute atomic E-state index is 0.691. The minimum atomic E-state index is 0.691. The van der Waals surface area contributed by atoms with Crippen LogP contribution >= 0.6 is 27.5 Å². The molecule has 16 heavy (non-hydrogen) atoms. The maximum absolute atomic E-state index is 5.99. The summed E-state index contributed by atoms with van der Waals surface area (Å²) in [5.41, 5.74) is 1.85. The van der Waals surface area contributed by atoms with Gasteiger partial charge in [0.05, 0.1) is 11.9 Å². The van der Waals surface area contributed by atoms with Crippen LogP contribution in [0.1, 0.15) is 11.3 Å². The van der Waals surface area contributed by atoms with Crippen molar-refractivity contribution in [3.05, 3.63) is 51.3 Å². The summed E-state index contributed by atoms with van der Waals surface area (Å²) in [7, 11) is 0. The van der Waals surface area contributed by atoms with Gasteiger partial charge < -0.3 is 4.42 Å². The predicted molar refractivity (Wildman–Crippen MR) is 69.9 cm³/mol. The SMILES string of the molecule is Cc1ccc(N=Cc2ccc(Br)o2)cc1Cl. The van der Waals surface area contributed by atoms with Crippen molar-refractivity contribution in [2.75, 3.05) is 0 Å². The lowest BCUT2D eigenvalue weighted by Gasteiger charge is -1.97. The molecule has 0 N–H and O–H groups in total. The lowest BCUT2D eigenvalue weighted by Crippen LogP contribution is -1.76. The molecule has 0 saturated carbocycles. The molecule has 1 heterocycles. The summed E-state index contributed by atoms with van der Waals surface area (Å²) in [6.07, 6.45) is 1.66. The zero-order valence-corrected chi connectivity index (χ0v) is 10.9. The molecule has 1 aromatic carbocycles. The van der Waals surface area contributed by atoms with E-state index in [0.717, 1.165) is 16.3 Å². The van der Waals surface area contributed by atoms with Crippen LogP contribution in [0.3, 0.4) is 0 Å². The molecule has 0 unspecified atom stereocenters. The van der Waals surface area contributed by atoms with Crippen LogP contribution in [0.25, 0.3) is 0 Å². The highest BCUT2D eigenvalue weighted by Gasteiger charge is 1.97. The van der Waals surface area contributed by atoms with Crippen molar-refractivity contribution in [1.82, 2.24) is 0 Å². The van der Waals surface area contributed by atoms with E-state index in [2.05, 4.69) is 20.9 Å². The molecule has 0 bridgehead atoms. The van der Waals surface area contributed by atoms with Gasteiger partial charge in [-0.25, -0.2) is 0 Å². The van der Waals surface area contributed by atoms with E-state index in [9.17, 15) is 0 Å². The molecule has 0 fully saturated rings. The van der Waals surface area contributed by atoms with Gasteiger partial charge >= 0.3 is 0 Å². The van der Waals surface area contributed by atoms with E-state index in [1.807, 2.05) is 37.3 Å². The number of rotatable bonds is 2. The Morgan fingerprint density at radius 1 is 1.31 bits per heavy atom. The molecule has 0 aliphatic carbocycles. The van der Waals surface area contributed by atoms with Crippen LogP contribution in [0.2, 0.25) is 5.02 Å². The molecule has 0 amide bonds. The van der Waals surface area contributed by atoms with E-state index in [1.54, 1.807) is 6.21 Å². The van der Waals surface area contributed by atoms with Gasteiger partial charge in [0.1, 0.15) is 5.76 Å². The summed E-state index contributed by atoms with van der Waals surface area (Å²) in [6, 6.07) is 9.33. The second-order valence-electron chi connectivity index (χ2n) is 3.33. The molecular formula is C12H9BrClNO. The first kappa shape index (κ1) is 11.4. The number of halogens is 2. The van der Waals surface area contributed by atoms with Gasteiger partial charge in [0.2, 0.25) is 0 Å². The summed E-state index contributed by atoms with van der Waals surface area (Å²) in [4.78, 5) is 4.27. The topological polar surface area (TPSA) is 25.5 Å². The van der Waals surface area contributed by atoms with Gasteiger partial charge in [-0.05, 0) is 52.7 Å². The molecule has 0 spiro atoms. The van der Waals surface area contributed by atoms with Crippen molar-refractivity contribution in [1.29, 1.82) is 0 Å². The van der Waals surface area contributed by atoms with E-state index in [1.165, 1.54) is 0 Å². The molecule has 0 aliphatic heterocycles. The van der Waals surface area contributed by atoms with E-state index in [4.69, 9.17) is 16.0 Å². The van der Waals surface area contributed by atoms with Gasteiger partial charge in [0.25, 0.3) is 0 Å². The summed E-state index contributed by atoms with van der Waals surface area (Å²) >= 11 is 9.22. The lowest BCUT2D eigenvalue weighted by atomic mass is 10.2. The van der Waals surface area contributed by atoms with E-state index >= 15 is 0 Å². The van der Waals surface area contributed by atoms with Gasteiger partial charge in [-0.1, -0.05) is 17.7 Å². The molecule has 4 heteroatoms. The highest BCUT2D eigenvalue weighted by molar-refractivity contribution is 9.10. The van der Waals surface area contributed by atoms with E-state index < -0.39 is 0 Å². The van der Waals surface area contributed by atoms with Crippen molar-refractivity contribution in [2.45, 2.75) is 6.92 Å². The molecule has 2 rings (SSSR count). The molecule has 0 atom stereocenters. The summed E-state index contributed by atoms with van der Waals surface area (Å²) < 4.78 is 5.98. The van der Waals surface area contributed by atoms with Crippen LogP contribution in [0.5, 0.6) is 0 Å². The summed E-state index contributed by atoms with van der Waals surface area (Å²) in [6.45, 7) is 1.96. The van der Waals surface area contributed by atoms with Crippen molar-refractivity contribution >= 4 is 39.4 Å². The van der Waals surface area contributed by atoms with E-state index in [-0.39, 0.29) is 0 Å². The van der Waals surface area contributed by atoms with E-state index in [0.29, 0.717) is 10.4 Å². The van der Waals surface area contributed by atoms with Crippen LogP contribution in [0.15, 0.2) is 44.4 Å². The molecule has 82 valence electrons. The van der Waals surface area contributed by atoms with Crippen LogP contribution in [-0.4, -0.2) is 6.21 Å². The molecular weight excluding hydrogens is 289 g/mol. The predicted octanol–water partition coefficient (Wildman–Crippen LogP) is 4.75. The smallest absolute Gasteiger partial charge is 0.169 e. The van der Waals surface area contributed by atoms with Crippen molar-refractivity contribution in [3.63, 3.8) is 0 Å². The molecule has 0 saturated heterocycles. The number of hydrogen-bond donors (Lipinski definition) is 0. The number of nitrogens with zero attached hydrogens (tertiary/aromatic N) is 1. The fourth-order valence-electron chi connectivity index (χ4n) is 1.20. The first-order valence-electron chi connectivity index (χ1n) is 4.71. The fourth-order valence-corrected chi connectivity index (χ4v) is 1.69. The largest absolute Gasteiger partial charge is 0.448 e. The van der Waals surface area contributed by atoms with Gasteiger partial charge in [-0.15, -0.1) is 0 Å². The Morgan fingerprint density at radius 3 is 2.75 bits per heavy atom.